The average molecular weight is 299 g/mol. The number of sulfonamides is 1. The number of ether oxygens (including phenoxy) is 1. The summed E-state index contributed by atoms with van der Waals surface area (Å²) in [6.07, 6.45) is 0.523. The van der Waals surface area contributed by atoms with E-state index in [-0.39, 0.29) is 0 Å². The minimum atomic E-state index is -4.44. The molecule has 0 aromatic heterocycles. The van der Waals surface area contributed by atoms with Gasteiger partial charge in [0.1, 0.15) is 5.57 Å². The summed E-state index contributed by atoms with van der Waals surface area (Å²) in [5, 5.41) is 8.79. The average Bonchev–Trinajstić information content (AvgIpc) is 2.68. The van der Waals surface area contributed by atoms with Crippen LogP contribution in [0.1, 0.15) is 0 Å². The zero-order valence-electron chi connectivity index (χ0n) is 9.61. The lowest BCUT2D eigenvalue weighted by Gasteiger charge is -2.05. The summed E-state index contributed by atoms with van der Waals surface area (Å²) in [5.74, 6) is -4.58. The van der Waals surface area contributed by atoms with Crippen molar-refractivity contribution in [3.8, 4) is 5.75 Å². The Hall–Kier alpha value is -2.55. The van der Waals surface area contributed by atoms with Crippen molar-refractivity contribution in [1.82, 2.24) is 0 Å². The molecule has 20 heavy (non-hydrogen) atoms. The number of carbonyl (C=O) groups is 2. The molecule has 1 N–H and O–H groups in total. The van der Waals surface area contributed by atoms with Gasteiger partial charge in [-0.1, -0.05) is 12.1 Å². The highest BCUT2D eigenvalue weighted by molar-refractivity contribution is 7.95. The summed E-state index contributed by atoms with van der Waals surface area (Å²) < 4.78 is 43.7. The van der Waals surface area contributed by atoms with E-state index in [0.29, 0.717) is 6.21 Å². The van der Waals surface area contributed by atoms with Gasteiger partial charge in [-0.2, -0.15) is 12.8 Å². The maximum atomic E-state index is 13.3. The van der Waals surface area contributed by atoms with Crippen LogP contribution < -0.4 is 4.74 Å². The van der Waals surface area contributed by atoms with Crippen molar-refractivity contribution >= 4 is 28.2 Å². The SMILES string of the molecule is O=C(O)C1=C(C(=O)Oc2ccccc2F)S(=O)(=O)N=C1. The van der Waals surface area contributed by atoms with Gasteiger partial charge in [-0.05, 0) is 12.1 Å². The molecule has 1 heterocycles. The normalized spacial score (nSPS) is 16.2. The Bertz CT molecular complexity index is 765. The second-order valence-electron chi connectivity index (χ2n) is 3.58. The van der Waals surface area contributed by atoms with Crippen molar-refractivity contribution in [3.05, 3.63) is 40.6 Å². The van der Waals surface area contributed by atoms with E-state index in [2.05, 4.69) is 9.13 Å². The molecule has 9 heteroatoms. The molecule has 0 saturated heterocycles. The zero-order valence-corrected chi connectivity index (χ0v) is 10.4. The number of nitrogens with zero attached hydrogens (tertiary/aromatic N) is 1. The Balaban J connectivity index is 2.41. The monoisotopic (exact) mass is 299 g/mol. The molecule has 1 aliphatic heterocycles. The number of esters is 1. The van der Waals surface area contributed by atoms with E-state index in [0.717, 1.165) is 12.1 Å². The minimum Gasteiger partial charge on any atom is -0.478 e. The number of rotatable bonds is 3. The molecule has 0 atom stereocenters. The van der Waals surface area contributed by atoms with E-state index >= 15 is 0 Å². The fourth-order valence-electron chi connectivity index (χ4n) is 1.41. The van der Waals surface area contributed by atoms with E-state index in [4.69, 9.17) is 5.11 Å². The number of para-hydroxylation sites is 1. The summed E-state index contributed by atoms with van der Waals surface area (Å²) in [7, 11) is -4.44. The van der Waals surface area contributed by atoms with Gasteiger partial charge < -0.3 is 9.84 Å². The third-order valence-electron chi connectivity index (χ3n) is 2.28. The van der Waals surface area contributed by atoms with E-state index < -0.39 is 44.0 Å². The second-order valence-corrected chi connectivity index (χ2v) is 5.15. The molecule has 0 fully saturated rings. The highest BCUT2D eigenvalue weighted by atomic mass is 32.2. The molecule has 0 bridgehead atoms. The first-order valence-electron chi connectivity index (χ1n) is 5.07. The zero-order chi connectivity index (χ0) is 14.9. The predicted octanol–water partition coefficient (Wildman–Crippen LogP) is 0.484. The molecule has 1 aromatic carbocycles. The van der Waals surface area contributed by atoms with Crippen LogP contribution in [0.15, 0.2) is 39.1 Å². The third-order valence-corrected chi connectivity index (χ3v) is 3.56. The Morgan fingerprint density at radius 3 is 2.50 bits per heavy atom. The van der Waals surface area contributed by atoms with Crippen LogP contribution in [-0.4, -0.2) is 31.7 Å². The Morgan fingerprint density at radius 2 is 1.90 bits per heavy atom. The van der Waals surface area contributed by atoms with Gasteiger partial charge in [0.05, 0.1) is 6.21 Å². The number of hydrogen-bond donors (Lipinski definition) is 1. The molecule has 104 valence electrons. The highest BCUT2D eigenvalue weighted by Crippen LogP contribution is 2.24. The Labute approximate surface area is 112 Å². The molecule has 2 rings (SSSR count). The van der Waals surface area contributed by atoms with E-state index in [1.165, 1.54) is 12.1 Å². The third kappa shape index (κ3) is 2.43. The summed E-state index contributed by atoms with van der Waals surface area (Å²) in [4.78, 5) is 21.4. The standard InChI is InChI=1S/C11H6FNO6S/c12-7-3-1-2-4-8(7)19-11(16)9-6(10(14)15)5-13-20(9,17)18/h1-5H,(H,14,15). The van der Waals surface area contributed by atoms with Crippen molar-refractivity contribution < 1.29 is 32.2 Å². The van der Waals surface area contributed by atoms with Crippen molar-refractivity contribution in [2.24, 2.45) is 4.40 Å². The van der Waals surface area contributed by atoms with Gasteiger partial charge >= 0.3 is 11.9 Å². The van der Waals surface area contributed by atoms with Gasteiger partial charge in [-0.25, -0.2) is 14.0 Å². The molecule has 7 nitrogen and oxygen atoms in total. The highest BCUT2D eigenvalue weighted by Gasteiger charge is 2.37. The molecule has 0 amide bonds. The lowest BCUT2D eigenvalue weighted by atomic mass is 10.2. The van der Waals surface area contributed by atoms with Crippen LogP contribution in [0.5, 0.6) is 5.75 Å². The molecule has 1 aromatic rings. The summed E-state index contributed by atoms with van der Waals surface area (Å²) in [6.45, 7) is 0. The van der Waals surface area contributed by atoms with E-state index in [1.807, 2.05) is 0 Å². The van der Waals surface area contributed by atoms with Crippen LogP contribution in [0, 0.1) is 5.82 Å². The van der Waals surface area contributed by atoms with Crippen LogP contribution in [0.2, 0.25) is 0 Å². The summed E-state index contributed by atoms with van der Waals surface area (Å²) >= 11 is 0. The summed E-state index contributed by atoms with van der Waals surface area (Å²) in [6, 6.07) is 4.78. The molecular formula is C11H6FNO6S. The smallest absolute Gasteiger partial charge is 0.358 e. The van der Waals surface area contributed by atoms with Gasteiger partial charge in [0, 0.05) is 0 Å². The van der Waals surface area contributed by atoms with Crippen molar-refractivity contribution in [1.29, 1.82) is 0 Å². The van der Waals surface area contributed by atoms with E-state index in [9.17, 15) is 22.4 Å². The van der Waals surface area contributed by atoms with Gasteiger partial charge in [-0.15, -0.1) is 0 Å². The maximum absolute atomic E-state index is 13.3. The number of carboxylic acid groups (broad SMARTS) is 1. The number of carbonyl (C=O) groups excluding carboxylic acids is 1. The van der Waals surface area contributed by atoms with Crippen molar-refractivity contribution in [3.63, 3.8) is 0 Å². The Kier molecular flexibility index (Phi) is 3.36. The number of carboxylic acids is 1. The van der Waals surface area contributed by atoms with Crippen LogP contribution in [0.4, 0.5) is 4.39 Å². The first-order valence-corrected chi connectivity index (χ1v) is 6.51. The fourth-order valence-corrected chi connectivity index (χ4v) is 2.43. The molecule has 1 aliphatic rings. The lowest BCUT2D eigenvalue weighted by Crippen LogP contribution is -2.19. The summed E-state index contributed by atoms with van der Waals surface area (Å²) in [5.41, 5.74) is -0.827. The molecular weight excluding hydrogens is 293 g/mol. The van der Waals surface area contributed by atoms with Crippen molar-refractivity contribution in [2.75, 3.05) is 0 Å². The second kappa shape index (κ2) is 4.85. The van der Waals surface area contributed by atoms with E-state index in [1.54, 1.807) is 0 Å². The molecule has 0 unspecified atom stereocenters. The van der Waals surface area contributed by atoms with Crippen LogP contribution in [-0.2, 0) is 19.6 Å². The first kappa shape index (κ1) is 13.9. The molecule has 0 aliphatic carbocycles. The number of aliphatic carboxylic acids is 1. The number of hydrogen-bond acceptors (Lipinski definition) is 5. The van der Waals surface area contributed by atoms with Crippen LogP contribution >= 0.6 is 0 Å². The largest absolute Gasteiger partial charge is 0.478 e. The van der Waals surface area contributed by atoms with Gasteiger partial charge in [0.15, 0.2) is 16.5 Å². The molecule has 0 radical (unpaired) electrons. The first-order chi connectivity index (χ1) is 9.33. The lowest BCUT2D eigenvalue weighted by molar-refractivity contribution is -0.133. The van der Waals surface area contributed by atoms with Crippen LogP contribution in [0.25, 0.3) is 0 Å². The van der Waals surface area contributed by atoms with Gasteiger partial charge in [0.25, 0.3) is 10.0 Å². The number of halogens is 1. The van der Waals surface area contributed by atoms with Crippen LogP contribution in [0.3, 0.4) is 0 Å². The predicted molar refractivity (Wildman–Crippen MR) is 64.1 cm³/mol. The quantitative estimate of drug-likeness (QED) is 0.642. The number of benzene rings is 1. The maximum Gasteiger partial charge on any atom is 0.358 e. The van der Waals surface area contributed by atoms with Gasteiger partial charge in [-0.3, -0.25) is 0 Å². The Morgan fingerprint density at radius 1 is 1.25 bits per heavy atom. The minimum absolute atomic E-state index is 0.517. The van der Waals surface area contributed by atoms with Gasteiger partial charge in [0.2, 0.25) is 0 Å². The fraction of sp³-hybridized carbons (Fsp3) is 0. The van der Waals surface area contributed by atoms with Crippen molar-refractivity contribution in [2.45, 2.75) is 0 Å². The molecule has 0 spiro atoms. The molecule has 0 saturated carbocycles. The topological polar surface area (TPSA) is 110 Å².